The molecule has 0 aliphatic heterocycles. The predicted octanol–water partition coefficient (Wildman–Crippen LogP) is 0.270. The molecule has 3 N–H and O–H groups in total. The van der Waals surface area contributed by atoms with Crippen LogP contribution in [0.3, 0.4) is 0 Å². The fourth-order valence-electron chi connectivity index (χ4n) is 0.443. The van der Waals surface area contributed by atoms with Gasteiger partial charge in [-0.3, -0.25) is 9.59 Å². The van der Waals surface area contributed by atoms with Crippen molar-refractivity contribution < 1.29 is 9.59 Å². The van der Waals surface area contributed by atoms with Crippen LogP contribution >= 0.6 is 0 Å². The van der Waals surface area contributed by atoms with Crippen molar-refractivity contribution in [3.05, 3.63) is 0 Å². The maximum Gasteiger partial charge on any atom is 0.219 e. The molecule has 0 heterocycles. The van der Waals surface area contributed by atoms with Crippen molar-refractivity contribution in [1.29, 1.82) is 0 Å². The van der Waals surface area contributed by atoms with Crippen molar-refractivity contribution in [2.45, 2.75) is 27.2 Å². The van der Waals surface area contributed by atoms with E-state index in [2.05, 4.69) is 24.9 Å². The number of hydrogen-bond donors (Lipinski definition) is 2. The highest BCUT2D eigenvalue weighted by molar-refractivity contribution is 5.75. The Morgan fingerprint density at radius 3 is 2.25 bits per heavy atom. The van der Waals surface area contributed by atoms with Crippen molar-refractivity contribution in [3.63, 3.8) is 0 Å². The van der Waals surface area contributed by atoms with Gasteiger partial charge in [-0.15, -0.1) is 0 Å². The molecule has 72 valence electrons. The summed E-state index contributed by atoms with van der Waals surface area (Å²) in [5.41, 5.74) is 4.17. The zero-order valence-electron chi connectivity index (χ0n) is 7.96. The highest BCUT2D eigenvalue weighted by Gasteiger charge is 1.96. The fourth-order valence-corrected chi connectivity index (χ4v) is 0.443. The molecule has 4 nitrogen and oxygen atoms in total. The maximum atomic E-state index is 10.6. The van der Waals surface area contributed by atoms with Crippen LogP contribution in [0.25, 0.3) is 0 Å². The van der Waals surface area contributed by atoms with Crippen LogP contribution in [0.1, 0.15) is 27.2 Å². The van der Waals surface area contributed by atoms with Crippen LogP contribution < -0.4 is 11.1 Å². The quantitative estimate of drug-likeness (QED) is 0.603. The Kier molecular flexibility index (Phi) is 11.2. The van der Waals surface area contributed by atoms with Gasteiger partial charge in [0, 0.05) is 13.0 Å². The van der Waals surface area contributed by atoms with Gasteiger partial charge in [0.15, 0.2) is 0 Å². The summed E-state index contributed by atoms with van der Waals surface area (Å²) in [6.45, 7) is 6.81. The first-order chi connectivity index (χ1) is 5.58. The molecule has 0 aliphatic rings. The van der Waals surface area contributed by atoms with E-state index in [1.165, 1.54) is 0 Å². The largest absolute Gasteiger partial charge is 0.372 e. The highest BCUT2D eigenvalue weighted by Crippen LogP contribution is 1.87. The van der Waals surface area contributed by atoms with E-state index in [1.54, 1.807) is 0 Å². The second-order valence-electron chi connectivity index (χ2n) is 2.69. The second-order valence-corrected chi connectivity index (χ2v) is 2.69. The van der Waals surface area contributed by atoms with Gasteiger partial charge < -0.3 is 11.1 Å². The molecule has 0 bridgehead atoms. The van der Waals surface area contributed by atoms with Gasteiger partial charge in [0.2, 0.25) is 12.3 Å². The molecule has 0 unspecified atom stereocenters. The molecule has 0 aromatic carbocycles. The normalized spacial score (nSPS) is 8.33. The number of hydrogen-bond acceptors (Lipinski definition) is 2. The van der Waals surface area contributed by atoms with E-state index in [0.717, 1.165) is 6.54 Å². The smallest absolute Gasteiger partial charge is 0.219 e. The van der Waals surface area contributed by atoms with Gasteiger partial charge >= 0.3 is 0 Å². The molecule has 0 saturated heterocycles. The Bertz CT molecular complexity index is 124. The minimum Gasteiger partial charge on any atom is -0.372 e. The Hall–Kier alpha value is -1.06. The standard InChI is InChI=1S/C7H15NO.CH3NO/c1-4-7(9)8-5-6(2)3;2-1-3/h6H,4-5H2,1-3H3,(H,8,9);1H,(H2,2,3). The van der Waals surface area contributed by atoms with E-state index in [0.29, 0.717) is 12.3 Å². The Balaban J connectivity index is 0. The van der Waals surface area contributed by atoms with Crippen molar-refractivity contribution >= 4 is 12.3 Å². The molecule has 0 saturated carbocycles. The molecule has 0 fully saturated rings. The van der Waals surface area contributed by atoms with Crippen molar-refractivity contribution in [2.75, 3.05) is 6.54 Å². The lowest BCUT2D eigenvalue weighted by molar-refractivity contribution is -0.120. The molecule has 0 aromatic heterocycles. The number of rotatable bonds is 3. The number of amides is 2. The third kappa shape index (κ3) is 16.0. The number of nitrogens with one attached hydrogen (secondary N) is 1. The van der Waals surface area contributed by atoms with Crippen LogP contribution in [0.15, 0.2) is 0 Å². The summed E-state index contributed by atoms with van der Waals surface area (Å²) in [6.07, 6.45) is 0.840. The zero-order valence-corrected chi connectivity index (χ0v) is 7.96. The third-order valence-corrected chi connectivity index (χ3v) is 1.03. The molecule has 4 heteroatoms. The molecule has 0 radical (unpaired) electrons. The van der Waals surface area contributed by atoms with Gasteiger partial charge in [-0.25, -0.2) is 0 Å². The lowest BCUT2D eigenvalue weighted by atomic mass is 10.2. The SMILES string of the molecule is CCC(=O)NCC(C)C.NC=O. The maximum absolute atomic E-state index is 10.6. The molecule has 2 amide bonds. The molecule has 0 aromatic rings. The second kappa shape index (κ2) is 9.94. The summed E-state index contributed by atoms with van der Waals surface area (Å²) in [5.74, 6) is 0.698. The first-order valence-corrected chi connectivity index (χ1v) is 4.00. The summed E-state index contributed by atoms with van der Waals surface area (Å²) in [4.78, 5) is 19.2. The first-order valence-electron chi connectivity index (χ1n) is 4.00. The molecule has 0 spiro atoms. The number of carbonyl (C=O) groups excluding carboxylic acids is 2. The van der Waals surface area contributed by atoms with Crippen LogP contribution in [0.4, 0.5) is 0 Å². The summed E-state index contributed by atoms with van der Waals surface area (Å²) in [5, 5.41) is 2.79. The van der Waals surface area contributed by atoms with Gasteiger partial charge in [0.05, 0.1) is 0 Å². The number of primary amides is 1. The average Bonchev–Trinajstić information content (AvgIpc) is 2.01. The zero-order chi connectivity index (χ0) is 9.98. The van der Waals surface area contributed by atoms with E-state index in [9.17, 15) is 4.79 Å². The molecule has 0 rings (SSSR count). The highest BCUT2D eigenvalue weighted by atomic mass is 16.1. The van der Waals surface area contributed by atoms with E-state index in [4.69, 9.17) is 4.79 Å². The topological polar surface area (TPSA) is 72.2 Å². The molecular weight excluding hydrogens is 156 g/mol. The minimum absolute atomic E-state index is 0.142. The number of nitrogens with two attached hydrogens (primary N) is 1. The van der Waals surface area contributed by atoms with Crippen molar-refractivity contribution in [3.8, 4) is 0 Å². The van der Waals surface area contributed by atoms with Crippen LogP contribution in [0.2, 0.25) is 0 Å². The average molecular weight is 174 g/mol. The van der Waals surface area contributed by atoms with Crippen LogP contribution in [-0.4, -0.2) is 18.9 Å². The molecule has 12 heavy (non-hydrogen) atoms. The molecular formula is C8H18N2O2. The number of carbonyl (C=O) groups is 2. The van der Waals surface area contributed by atoms with Crippen molar-refractivity contribution in [2.24, 2.45) is 11.7 Å². The summed E-state index contributed by atoms with van der Waals surface area (Å²) < 4.78 is 0. The van der Waals surface area contributed by atoms with Crippen LogP contribution in [-0.2, 0) is 9.59 Å². The summed E-state index contributed by atoms with van der Waals surface area (Å²) in [7, 11) is 0. The Labute approximate surface area is 73.5 Å². The van der Waals surface area contributed by atoms with E-state index < -0.39 is 0 Å². The molecule has 0 aliphatic carbocycles. The Morgan fingerprint density at radius 1 is 1.58 bits per heavy atom. The summed E-state index contributed by atoms with van der Waals surface area (Å²) >= 11 is 0. The lowest BCUT2D eigenvalue weighted by Crippen LogP contribution is -2.26. The van der Waals surface area contributed by atoms with Gasteiger partial charge in [0.25, 0.3) is 0 Å². The molecule has 0 atom stereocenters. The van der Waals surface area contributed by atoms with Gasteiger partial charge in [-0.05, 0) is 5.92 Å². The lowest BCUT2D eigenvalue weighted by Gasteiger charge is -2.04. The van der Waals surface area contributed by atoms with E-state index in [1.807, 2.05) is 6.92 Å². The van der Waals surface area contributed by atoms with Gasteiger partial charge in [0.1, 0.15) is 0 Å². The monoisotopic (exact) mass is 174 g/mol. The van der Waals surface area contributed by atoms with Crippen LogP contribution in [0.5, 0.6) is 0 Å². The van der Waals surface area contributed by atoms with Crippen LogP contribution in [0, 0.1) is 5.92 Å². The first kappa shape index (κ1) is 13.5. The minimum atomic E-state index is 0.142. The third-order valence-electron chi connectivity index (χ3n) is 1.03. The van der Waals surface area contributed by atoms with E-state index in [-0.39, 0.29) is 12.3 Å². The fraction of sp³-hybridized carbons (Fsp3) is 0.750. The summed E-state index contributed by atoms with van der Waals surface area (Å²) in [6, 6.07) is 0. The van der Waals surface area contributed by atoms with Gasteiger partial charge in [-0.1, -0.05) is 20.8 Å². The Morgan fingerprint density at radius 2 is 2.00 bits per heavy atom. The van der Waals surface area contributed by atoms with Gasteiger partial charge in [-0.2, -0.15) is 0 Å². The van der Waals surface area contributed by atoms with Crippen molar-refractivity contribution in [1.82, 2.24) is 5.32 Å². The van der Waals surface area contributed by atoms with E-state index >= 15 is 0 Å². The predicted molar refractivity (Wildman–Crippen MR) is 48.4 cm³/mol.